The maximum absolute atomic E-state index is 12.1. The summed E-state index contributed by atoms with van der Waals surface area (Å²) >= 11 is 0. The van der Waals surface area contributed by atoms with Crippen molar-refractivity contribution in [2.45, 2.75) is 37.2 Å². The SMILES string of the molecule is CCN(CCNS(=O)(=O)c1ccc(CN)nc1)C1CC1. The van der Waals surface area contributed by atoms with Crippen molar-refractivity contribution in [2.75, 3.05) is 19.6 Å². The number of hydrogen-bond donors (Lipinski definition) is 2. The lowest BCUT2D eigenvalue weighted by Gasteiger charge is -2.19. The molecule has 1 aliphatic rings. The van der Waals surface area contributed by atoms with E-state index in [-0.39, 0.29) is 4.90 Å². The minimum absolute atomic E-state index is 0.184. The van der Waals surface area contributed by atoms with Crippen molar-refractivity contribution >= 4 is 10.0 Å². The van der Waals surface area contributed by atoms with Gasteiger partial charge in [0.25, 0.3) is 0 Å². The van der Waals surface area contributed by atoms with Crippen LogP contribution < -0.4 is 10.5 Å². The summed E-state index contributed by atoms with van der Waals surface area (Å²) in [4.78, 5) is 6.49. The lowest BCUT2D eigenvalue weighted by Crippen LogP contribution is -2.36. The van der Waals surface area contributed by atoms with Gasteiger partial charge in [0.2, 0.25) is 10.0 Å². The zero-order chi connectivity index (χ0) is 14.6. The smallest absolute Gasteiger partial charge is 0.242 e. The summed E-state index contributed by atoms with van der Waals surface area (Å²) in [7, 11) is -3.47. The molecule has 2 rings (SSSR count). The van der Waals surface area contributed by atoms with Crippen molar-refractivity contribution in [1.29, 1.82) is 0 Å². The molecule has 20 heavy (non-hydrogen) atoms. The Hall–Kier alpha value is -1.02. The first kappa shape index (κ1) is 15.4. The third kappa shape index (κ3) is 3.99. The van der Waals surface area contributed by atoms with Crippen LogP contribution in [0.2, 0.25) is 0 Å². The van der Waals surface area contributed by atoms with E-state index in [2.05, 4.69) is 21.5 Å². The summed E-state index contributed by atoms with van der Waals surface area (Å²) in [6.45, 7) is 4.53. The molecule has 0 amide bonds. The number of pyridine rings is 1. The van der Waals surface area contributed by atoms with Crippen molar-refractivity contribution < 1.29 is 8.42 Å². The van der Waals surface area contributed by atoms with Gasteiger partial charge in [-0.05, 0) is 31.5 Å². The van der Waals surface area contributed by atoms with Gasteiger partial charge >= 0.3 is 0 Å². The van der Waals surface area contributed by atoms with Gasteiger partial charge in [-0.25, -0.2) is 13.1 Å². The van der Waals surface area contributed by atoms with Gasteiger partial charge in [-0.3, -0.25) is 9.88 Å². The zero-order valence-electron chi connectivity index (χ0n) is 11.7. The third-order valence-corrected chi connectivity index (χ3v) is 4.92. The number of likely N-dealkylation sites (N-methyl/N-ethyl adjacent to an activating group) is 1. The summed E-state index contributed by atoms with van der Waals surface area (Å²) in [5, 5.41) is 0. The van der Waals surface area contributed by atoms with E-state index >= 15 is 0 Å². The average Bonchev–Trinajstić information content (AvgIpc) is 3.28. The van der Waals surface area contributed by atoms with Crippen LogP contribution in [0.3, 0.4) is 0 Å². The summed E-state index contributed by atoms with van der Waals surface area (Å²) in [5.74, 6) is 0. The second-order valence-corrected chi connectivity index (χ2v) is 6.71. The predicted molar refractivity (Wildman–Crippen MR) is 77.6 cm³/mol. The Bertz CT molecular complexity index is 526. The van der Waals surface area contributed by atoms with Gasteiger partial charge in [0, 0.05) is 31.9 Å². The van der Waals surface area contributed by atoms with Crippen molar-refractivity contribution in [1.82, 2.24) is 14.6 Å². The molecule has 1 fully saturated rings. The van der Waals surface area contributed by atoms with E-state index in [9.17, 15) is 8.42 Å². The number of hydrogen-bond acceptors (Lipinski definition) is 5. The highest BCUT2D eigenvalue weighted by molar-refractivity contribution is 7.89. The quantitative estimate of drug-likeness (QED) is 0.721. The van der Waals surface area contributed by atoms with E-state index in [1.165, 1.54) is 25.1 Å². The number of nitrogens with two attached hydrogens (primary N) is 1. The maximum Gasteiger partial charge on any atom is 0.242 e. The van der Waals surface area contributed by atoms with Crippen LogP contribution in [0.1, 0.15) is 25.5 Å². The van der Waals surface area contributed by atoms with Crippen molar-refractivity contribution in [3.05, 3.63) is 24.0 Å². The minimum Gasteiger partial charge on any atom is -0.325 e. The van der Waals surface area contributed by atoms with Gasteiger partial charge in [-0.1, -0.05) is 6.92 Å². The fourth-order valence-corrected chi connectivity index (χ4v) is 3.10. The molecule has 0 aliphatic heterocycles. The standard InChI is InChI=1S/C13H22N4O2S/c1-2-17(12-4-5-12)8-7-16-20(18,19)13-6-3-11(9-14)15-10-13/h3,6,10,12,16H,2,4-5,7-9,14H2,1H3. The minimum atomic E-state index is -3.47. The average molecular weight is 298 g/mol. The van der Waals surface area contributed by atoms with E-state index in [4.69, 9.17) is 5.73 Å². The molecule has 0 spiro atoms. The summed E-state index contributed by atoms with van der Waals surface area (Å²) < 4.78 is 26.8. The molecule has 0 aromatic carbocycles. The fraction of sp³-hybridized carbons (Fsp3) is 0.615. The first-order chi connectivity index (χ1) is 9.56. The largest absolute Gasteiger partial charge is 0.325 e. The van der Waals surface area contributed by atoms with E-state index in [0.29, 0.717) is 24.8 Å². The summed E-state index contributed by atoms with van der Waals surface area (Å²) in [6, 6.07) is 3.82. The molecule has 1 aliphatic carbocycles. The highest BCUT2D eigenvalue weighted by Crippen LogP contribution is 2.25. The molecule has 0 radical (unpaired) electrons. The second kappa shape index (κ2) is 6.62. The molecule has 0 saturated heterocycles. The van der Waals surface area contributed by atoms with E-state index in [0.717, 1.165) is 13.1 Å². The molecule has 1 heterocycles. The molecule has 1 aromatic rings. The Morgan fingerprint density at radius 1 is 1.45 bits per heavy atom. The monoisotopic (exact) mass is 298 g/mol. The van der Waals surface area contributed by atoms with E-state index < -0.39 is 10.0 Å². The van der Waals surface area contributed by atoms with Crippen molar-refractivity contribution in [2.24, 2.45) is 5.73 Å². The molecule has 7 heteroatoms. The van der Waals surface area contributed by atoms with Gasteiger partial charge < -0.3 is 5.73 Å². The number of nitrogens with one attached hydrogen (secondary N) is 1. The van der Waals surface area contributed by atoms with Crippen LogP contribution >= 0.6 is 0 Å². The molecule has 0 bridgehead atoms. The third-order valence-electron chi connectivity index (χ3n) is 3.48. The first-order valence-corrected chi connectivity index (χ1v) is 8.44. The Morgan fingerprint density at radius 3 is 2.70 bits per heavy atom. The maximum atomic E-state index is 12.1. The molecule has 1 saturated carbocycles. The summed E-state index contributed by atoms with van der Waals surface area (Å²) in [5.41, 5.74) is 6.11. The van der Waals surface area contributed by atoms with Crippen LogP contribution in [0, 0.1) is 0 Å². The molecule has 6 nitrogen and oxygen atoms in total. The van der Waals surface area contributed by atoms with Crippen LogP contribution in [-0.4, -0.2) is 44.0 Å². The van der Waals surface area contributed by atoms with Crippen LogP contribution in [0.5, 0.6) is 0 Å². The van der Waals surface area contributed by atoms with Crippen LogP contribution in [0.4, 0.5) is 0 Å². The predicted octanol–water partition coefficient (Wildman–Crippen LogP) is 0.303. The number of aromatic nitrogens is 1. The Kier molecular flexibility index (Phi) is 5.09. The Labute approximate surface area is 120 Å². The van der Waals surface area contributed by atoms with Crippen LogP contribution in [0.15, 0.2) is 23.2 Å². The fourth-order valence-electron chi connectivity index (χ4n) is 2.14. The molecule has 1 aromatic heterocycles. The number of nitrogens with zero attached hydrogens (tertiary/aromatic N) is 2. The van der Waals surface area contributed by atoms with Gasteiger partial charge in [-0.15, -0.1) is 0 Å². The van der Waals surface area contributed by atoms with Crippen LogP contribution in [-0.2, 0) is 16.6 Å². The van der Waals surface area contributed by atoms with Gasteiger partial charge in [0.05, 0.1) is 5.69 Å². The normalized spacial score (nSPS) is 15.8. The van der Waals surface area contributed by atoms with Gasteiger partial charge in [-0.2, -0.15) is 0 Å². The topological polar surface area (TPSA) is 88.3 Å². The molecule has 0 atom stereocenters. The Morgan fingerprint density at radius 2 is 2.20 bits per heavy atom. The highest BCUT2D eigenvalue weighted by Gasteiger charge is 2.27. The number of rotatable bonds is 8. The molecular weight excluding hydrogens is 276 g/mol. The molecule has 3 N–H and O–H groups in total. The molecule has 0 unspecified atom stereocenters. The lowest BCUT2D eigenvalue weighted by molar-refractivity contribution is 0.282. The van der Waals surface area contributed by atoms with E-state index in [1.807, 2.05) is 0 Å². The Balaban J connectivity index is 1.89. The lowest BCUT2D eigenvalue weighted by atomic mass is 10.4. The first-order valence-electron chi connectivity index (χ1n) is 6.95. The number of sulfonamides is 1. The van der Waals surface area contributed by atoms with E-state index in [1.54, 1.807) is 6.07 Å². The van der Waals surface area contributed by atoms with Crippen molar-refractivity contribution in [3.63, 3.8) is 0 Å². The molecule has 112 valence electrons. The second-order valence-electron chi connectivity index (χ2n) is 4.95. The zero-order valence-corrected chi connectivity index (χ0v) is 12.6. The van der Waals surface area contributed by atoms with Crippen molar-refractivity contribution in [3.8, 4) is 0 Å². The summed E-state index contributed by atoms with van der Waals surface area (Å²) in [6.07, 6.45) is 3.80. The molecular formula is C13H22N4O2S. The van der Waals surface area contributed by atoms with Crippen LogP contribution in [0.25, 0.3) is 0 Å². The van der Waals surface area contributed by atoms with Gasteiger partial charge in [0.15, 0.2) is 0 Å². The highest BCUT2D eigenvalue weighted by atomic mass is 32.2. The van der Waals surface area contributed by atoms with Gasteiger partial charge in [0.1, 0.15) is 4.90 Å².